The van der Waals surface area contributed by atoms with Crippen LogP contribution in [0.5, 0.6) is 0 Å². The molecule has 2 saturated carbocycles. The summed E-state index contributed by atoms with van der Waals surface area (Å²) in [5, 5.41) is 12.8. The molecule has 0 spiro atoms. The van der Waals surface area contributed by atoms with Crippen LogP contribution in [0.2, 0.25) is 5.02 Å². The molecule has 2 aliphatic carbocycles. The molecule has 1 heterocycles. The fourth-order valence-electron chi connectivity index (χ4n) is 4.43. The number of amides is 2. The zero-order valence-corrected chi connectivity index (χ0v) is 21.5. The highest BCUT2D eigenvalue weighted by Crippen LogP contribution is 2.33. The Morgan fingerprint density at radius 3 is 2.30 bits per heavy atom. The van der Waals surface area contributed by atoms with Crippen molar-refractivity contribution >= 4 is 52.2 Å². The van der Waals surface area contributed by atoms with E-state index in [2.05, 4.69) is 38.2 Å². The number of carbonyl (C=O) groups is 2. The summed E-state index contributed by atoms with van der Waals surface area (Å²) in [7, 11) is 0. The fourth-order valence-corrected chi connectivity index (χ4v) is 4.57. The van der Waals surface area contributed by atoms with E-state index in [0.717, 1.165) is 50.1 Å². The Morgan fingerprint density at radius 2 is 1.59 bits per heavy atom. The van der Waals surface area contributed by atoms with Gasteiger partial charge in [0.15, 0.2) is 5.82 Å². The molecule has 37 heavy (non-hydrogen) atoms. The summed E-state index contributed by atoms with van der Waals surface area (Å²) >= 11 is 6.36. The molecule has 2 amide bonds. The largest absolute Gasteiger partial charge is 0.349 e. The number of para-hydroxylation sites is 2. The Bertz CT molecular complexity index is 1270. The first-order valence-corrected chi connectivity index (χ1v) is 13.2. The molecule has 0 radical (unpaired) electrons. The van der Waals surface area contributed by atoms with Crippen LogP contribution >= 0.6 is 11.6 Å². The average molecular weight is 519 g/mol. The lowest BCUT2D eigenvalue weighted by molar-refractivity contribution is -0.117. The van der Waals surface area contributed by atoms with Crippen LogP contribution in [-0.4, -0.2) is 27.8 Å². The summed E-state index contributed by atoms with van der Waals surface area (Å²) in [5.41, 5.74) is 2.72. The molecule has 4 N–H and O–H groups in total. The number of nitrogens with one attached hydrogen (secondary N) is 4. The van der Waals surface area contributed by atoms with Crippen molar-refractivity contribution in [3.05, 3.63) is 65.3 Å². The Balaban J connectivity index is 1.23. The number of nitrogens with zero attached hydrogens (tertiary/aromatic N) is 2. The van der Waals surface area contributed by atoms with Gasteiger partial charge in [-0.25, -0.2) is 4.98 Å². The van der Waals surface area contributed by atoms with Gasteiger partial charge in [0.2, 0.25) is 11.9 Å². The number of rotatable bonds is 8. The second kappa shape index (κ2) is 11.2. The molecule has 2 aliphatic rings. The predicted octanol–water partition coefficient (Wildman–Crippen LogP) is 6.27. The SMILES string of the molecule is CC1CCC(NC(=O)c2ccc(Nc3ncc(Cl)c(Nc4ccccc4NC(=O)C4CC4)n3)cc2)CC1. The summed E-state index contributed by atoms with van der Waals surface area (Å²) in [4.78, 5) is 33.7. The lowest BCUT2D eigenvalue weighted by atomic mass is 9.87. The number of carbonyl (C=O) groups excluding carboxylic acids is 2. The van der Waals surface area contributed by atoms with Crippen molar-refractivity contribution in [3.63, 3.8) is 0 Å². The van der Waals surface area contributed by atoms with Crippen LogP contribution < -0.4 is 21.3 Å². The normalized spacial score (nSPS) is 19.1. The highest BCUT2D eigenvalue weighted by atomic mass is 35.5. The van der Waals surface area contributed by atoms with Crippen molar-refractivity contribution in [2.24, 2.45) is 11.8 Å². The van der Waals surface area contributed by atoms with Gasteiger partial charge in [0.1, 0.15) is 5.02 Å². The minimum Gasteiger partial charge on any atom is -0.349 e. The number of hydrogen-bond acceptors (Lipinski definition) is 6. The number of benzene rings is 2. The van der Waals surface area contributed by atoms with Gasteiger partial charge in [-0.1, -0.05) is 30.7 Å². The molecule has 5 rings (SSSR count). The Labute approximate surface area is 221 Å². The van der Waals surface area contributed by atoms with E-state index in [1.807, 2.05) is 36.4 Å². The first kappa shape index (κ1) is 25.0. The van der Waals surface area contributed by atoms with Crippen LogP contribution in [-0.2, 0) is 4.79 Å². The average Bonchev–Trinajstić information content (AvgIpc) is 3.75. The van der Waals surface area contributed by atoms with Gasteiger partial charge in [0, 0.05) is 23.2 Å². The van der Waals surface area contributed by atoms with Gasteiger partial charge in [-0.05, 0) is 80.8 Å². The van der Waals surface area contributed by atoms with Gasteiger partial charge in [-0.3, -0.25) is 9.59 Å². The zero-order valence-electron chi connectivity index (χ0n) is 20.8. The minimum atomic E-state index is -0.0484. The van der Waals surface area contributed by atoms with E-state index in [0.29, 0.717) is 33.7 Å². The van der Waals surface area contributed by atoms with Crippen molar-refractivity contribution in [1.82, 2.24) is 15.3 Å². The quantitative estimate of drug-likeness (QED) is 0.280. The third-order valence-corrected chi connectivity index (χ3v) is 7.16. The van der Waals surface area contributed by atoms with Crippen molar-refractivity contribution in [3.8, 4) is 0 Å². The molecule has 0 atom stereocenters. The molecule has 0 aliphatic heterocycles. The van der Waals surface area contributed by atoms with Crippen molar-refractivity contribution in [1.29, 1.82) is 0 Å². The monoisotopic (exact) mass is 518 g/mol. The number of halogens is 1. The standard InChI is InChI=1S/C28H31ClN6O2/c1-17-6-12-20(13-7-17)31-26(36)19-10-14-21(15-11-19)32-28-30-16-22(29)25(35-28)33-23-4-2-3-5-24(23)34-27(37)18-8-9-18/h2-5,10-11,14-18,20H,6-9,12-13H2,1H3,(H,31,36)(H,34,37)(H2,30,32,33,35). The number of anilines is 5. The maximum absolute atomic E-state index is 12.6. The van der Waals surface area contributed by atoms with Crippen LogP contribution in [0.25, 0.3) is 0 Å². The summed E-state index contributed by atoms with van der Waals surface area (Å²) in [6.07, 6.45) is 7.76. The minimum absolute atomic E-state index is 0.0239. The molecule has 9 heteroatoms. The third kappa shape index (κ3) is 6.57. The summed E-state index contributed by atoms with van der Waals surface area (Å²) in [6, 6.07) is 14.9. The van der Waals surface area contributed by atoms with Gasteiger partial charge in [-0.15, -0.1) is 0 Å². The zero-order chi connectivity index (χ0) is 25.8. The topological polar surface area (TPSA) is 108 Å². The molecule has 3 aromatic rings. The van der Waals surface area contributed by atoms with Crippen molar-refractivity contribution in [2.45, 2.75) is 51.5 Å². The van der Waals surface area contributed by atoms with E-state index < -0.39 is 0 Å². The van der Waals surface area contributed by atoms with Crippen LogP contribution in [0, 0.1) is 11.8 Å². The molecule has 192 valence electrons. The van der Waals surface area contributed by atoms with E-state index in [9.17, 15) is 9.59 Å². The Hall–Kier alpha value is -3.65. The van der Waals surface area contributed by atoms with Crippen LogP contribution in [0.3, 0.4) is 0 Å². The first-order valence-electron chi connectivity index (χ1n) is 12.8. The second-order valence-electron chi connectivity index (χ2n) is 9.96. The highest BCUT2D eigenvalue weighted by Gasteiger charge is 2.30. The Morgan fingerprint density at radius 1 is 0.892 bits per heavy atom. The van der Waals surface area contributed by atoms with E-state index in [4.69, 9.17) is 11.6 Å². The second-order valence-corrected chi connectivity index (χ2v) is 10.4. The van der Waals surface area contributed by atoms with E-state index in [-0.39, 0.29) is 23.8 Å². The lowest BCUT2D eigenvalue weighted by Crippen LogP contribution is -2.37. The summed E-state index contributed by atoms with van der Waals surface area (Å²) in [5.74, 6) is 1.57. The predicted molar refractivity (Wildman–Crippen MR) is 147 cm³/mol. The van der Waals surface area contributed by atoms with Crippen LogP contribution in [0.1, 0.15) is 55.8 Å². The molecular weight excluding hydrogens is 488 g/mol. The number of aromatic nitrogens is 2. The maximum Gasteiger partial charge on any atom is 0.251 e. The van der Waals surface area contributed by atoms with Gasteiger partial charge in [0.05, 0.1) is 17.6 Å². The van der Waals surface area contributed by atoms with Gasteiger partial charge in [-0.2, -0.15) is 4.98 Å². The molecule has 2 fully saturated rings. The van der Waals surface area contributed by atoms with E-state index in [1.54, 1.807) is 12.1 Å². The highest BCUT2D eigenvalue weighted by molar-refractivity contribution is 6.33. The molecule has 0 bridgehead atoms. The lowest BCUT2D eigenvalue weighted by Gasteiger charge is -2.26. The molecule has 0 unspecified atom stereocenters. The molecule has 0 saturated heterocycles. The van der Waals surface area contributed by atoms with Crippen LogP contribution in [0.4, 0.5) is 28.8 Å². The Kier molecular flexibility index (Phi) is 7.55. The molecule has 1 aromatic heterocycles. The molecular formula is C28H31ClN6O2. The van der Waals surface area contributed by atoms with Gasteiger partial charge >= 0.3 is 0 Å². The van der Waals surface area contributed by atoms with Crippen molar-refractivity contribution in [2.75, 3.05) is 16.0 Å². The summed E-state index contributed by atoms with van der Waals surface area (Å²) < 4.78 is 0. The first-order chi connectivity index (χ1) is 17.9. The maximum atomic E-state index is 12.6. The van der Waals surface area contributed by atoms with Gasteiger partial charge in [0.25, 0.3) is 5.91 Å². The molecule has 8 nitrogen and oxygen atoms in total. The molecule has 2 aromatic carbocycles. The van der Waals surface area contributed by atoms with Crippen LogP contribution in [0.15, 0.2) is 54.7 Å². The smallest absolute Gasteiger partial charge is 0.251 e. The number of hydrogen-bond donors (Lipinski definition) is 4. The van der Waals surface area contributed by atoms with E-state index >= 15 is 0 Å². The van der Waals surface area contributed by atoms with Gasteiger partial charge < -0.3 is 21.3 Å². The fraction of sp³-hybridized carbons (Fsp3) is 0.357. The van der Waals surface area contributed by atoms with Crippen molar-refractivity contribution < 1.29 is 9.59 Å². The summed E-state index contributed by atoms with van der Waals surface area (Å²) in [6.45, 7) is 2.27. The third-order valence-electron chi connectivity index (χ3n) is 6.88. The van der Waals surface area contributed by atoms with E-state index in [1.165, 1.54) is 6.20 Å².